The number of amides is 1. The Balaban J connectivity index is 1.61. The summed E-state index contributed by atoms with van der Waals surface area (Å²) in [6, 6.07) is 10.2. The van der Waals surface area contributed by atoms with Gasteiger partial charge in [-0.2, -0.15) is 0 Å². The average Bonchev–Trinajstić information content (AvgIpc) is 3.05. The minimum absolute atomic E-state index is 0.0646. The van der Waals surface area contributed by atoms with E-state index in [-0.39, 0.29) is 17.9 Å². The van der Waals surface area contributed by atoms with Crippen molar-refractivity contribution < 1.29 is 19.2 Å². The van der Waals surface area contributed by atoms with Crippen LogP contribution < -0.4 is 5.32 Å². The van der Waals surface area contributed by atoms with Gasteiger partial charge in [0.2, 0.25) is 0 Å². The number of nitrogens with one attached hydrogen (secondary N) is 1. The maximum atomic E-state index is 12.1. The van der Waals surface area contributed by atoms with E-state index in [1.165, 1.54) is 18.5 Å². The Morgan fingerprint density at radius 1 is 1.21 bits per heavy atom. The van der Waals surface area contributed by atoms with E-state index >= 15 is 0 Å². The molecule has 144 valence electrons. The summed E-state index contributed by atoms with van der Waals surface area (Å²) in [5.41, 5.74) is 2.90. The summed E-state index contributed by atoms with van der Waals surface area (Å²) in [6.07, 6.45) is 1.52. The van der Waals surface area contributed by atoms with Crippen LogP contribution in [0.1, 0.15) is 11.1 Å². The van der Waals surface area contributed by atoms with Gasteiger partial charge in [0.05, 0.1) is 22.3 Å². The van der Waals surface area contributed by atoms with Gasteiger partial charge in [-0.05, 0) is 43.2 Å². The fraction of sp³-hybridized carbons (Fsp3) is 0.211. The van der Waals surface area contributed by atoms with Crippen molar-refractivity contribution in [3.63, 3.8) is 0 Å². The summed E-state index contributed by atoms with van der Waals surface area (Å²) in [5, 5.41) is 13.6. The number of para-hydroxylation sites is 2. The summed E-state index contributed by atoms with van der Waals surface area (Å²) >= 11 is 0. The lowest BCUT2D eigenvalue weighted by atomic mass is 10.1. The fourth-order valence-corrected chi connectivity index (χ4v) is 2.71. The number of nitro groups is 1. The van der Waals surface area contributed by atoms with E-state index in [4.69, 9.17) is 4.74 Å². The Labute approximate surface area is 160 Å². The van der Waals surface area contributed by atoms with E-state index in [2.05, 4.69) is 10.3 Å². The summed E-state index contributed by atoms with van der Waals surface area (Å²) in [7, 11) is 0. The number of rotatable bonds is 6. The van der Waals surface area contributed by atoms with E-state index in [1.807, 2.05) is 24.3 Å². The molecule has 1 amide bonds. The Morgan fingerprint density at radius 2 is 1.93 bits per heavy atom. The van der Waals surface area contributed by atoms with Crippen LogP contribution in [0.4, 0.5) is 11.4 Å². The van der Waals surface area contributed by atoms with Crippen molar-refractivity contribution in [2.45, 2.75) is 20.4 Å². The molecule has 0 spiro atoms. The second-order valence-corrected chi connectivity index (χ2v) is 6.28. The minimum atomic E-state index is -0.657. The maximum Gasteiger partial charge on any atom is 0.326 e. The number of ether oxygens (including phenoxy) is 1. The molecule has 28 heavy (non-hydrogen) atoms. The molecule has 0 aliphatic rings. The predicted octanol–water partition coefficient (Wildman–Crippen LogP) is 2.74. The molecule has 3 rings (SSSR count). The van der Waals surface area contributed by atoms with Gasteiger partial charge in [0.15, 0.2) is 6.61 Å². The summed E-state index contributed by atoms with van der Waals surface area (Å²) in [4.78, 5) is 38.9. The smallest absolute Gasteiger partial charge is 0.326 e. The van der Waals surface area contributed by atoms with E-state index in [0.717, 1.165) is 22.2 Å². The highest BCUT2D eigenvalue weighted by Gasteiger charge is 2.18. The van der Waals surface area contributed by atoms with Crippen molar-refractivity contribution in [1.29, 1.82) is 0 Å². The maximum absolute atomic E-state index is 12.1. The Bertz CT molecular complexity index is 1070. The van der Waals surface area contributed by atoms with E-state index < -0.39 is 23.4 Å². The van der Waals surface area contributed by atoms with Crippen molar-refractivity contribution in [2.75, 3.05) is 11.9 Å². The van der Waals surface area contributed by atoms with Crippen LogP contribution in [0.25, 0.3) is 11.0 Å². The van der Waals surface area contributed by atoms with Crippen LogP contribution in [0.2, 0.25) is 0 Å². The Morgan fingerprint density at radius 3 is 2.68 bits per heavy atom. The Hall–Kier alpha value is -3.75. The lowest BCUT2D eigenvalue weighted by Crippen LogP contribution is -2.23. The zero-order valence-electron chi connectivity index (χ0n) is 15.3. The summed E-state index contributed by atoms with van der Waals surface area (Å²) < 4.78 is 6.60. The van der Waals surface area contributed by atoms with Gasteiger partial charge in [-0.1, -0.05) is 12.1 Å². The van der Waals surface area contributed by atoms with Gasteiger partial charge < -0.3 is 14.6 Å². The van der Waals surface area contributed by atoms with Gasteiger partial charge in [-0.15, -0.1) is 0 Å². The number of fused-ring (bicyclic) bond motifs is 1. The van der Waals surface area contributed by atoms with Gasteiger partial charge in [-0.3, -0.25) is 19.7 Å². The molecular formula is C19H18N4O5. The number of anilines is 1. The largest absolute Gasteiger partial charge is 0.454 e. The second-order valence-electron chi connectivity index (χ2n) is 6.28. The molecule has 0 fully saturated rings. The van der Waals surface area contributed by atoms with Crippen LogP contribution in [0.3, 0.4) is 0 Å². The van der Waals surface area contributed by atoms with Crippen molar-refractivity contribution in [2.24, 2.45) is 0 Å². The molecule has 0 saturated carbocycles. The molecule has 0 aliphatic carbocycles. The number of hydrogen-bond donors (Lipinski definition) is 1. The number of aryl methyl sites for hydroxylation is 2. The van der Waals surface area contributed by atoms with Crippen molar-refractivity contribution in [3.8, 4) is 0 Å². The highest BCUT2D eigenvalue weighted by Crippen LogP contribution is 2.27. The third-order valence-corrected chi connectivity index (χ3v) is 4.27. The van der Waals surface area contributed by atoms with Gasteiger partial charge >= 0.3 is 5.97 Å². The van der Waals surface area contributed by atoms with Crippen LogP contribution in [0.15, 0.2) is 42.7 Å². The zero-order chi connectivity index (χ0) is 20.3. The number of carbonyl (C=O) groups is 2. The number of benzene rings is 2. The molecule has 1 heterocycles. The third kappa shape index (κ3) is 4.14. The van der Waals surface area contributed by atoms with Crippen LogP contribution >= 0.6 is 0 Å². The molecule has 0 atom stereocenters. The number of nitrogens with zero attached hydrogens (tertiary/aromatic N) is 3. The SMILES string of the molecule is Cc1cc(NC(=O)COC(=O)Cn2cnc3ccccc32)c([N+](=O)[O-])cc1C. The van der Waals surface area contributed by atoms with Crippen molar-refractivity contribution >= 4 is 34.3 Å². The van der Waals surface area contributed by atoms with Crippen LogP contribution in [-0.4, -0.2) is 33.0 Å². The monoisotopic (exact) mass is 382 g/mol. The first kappa shape index (κ1) is 19.0. The summed E-state index contributed by atoms with van der Waals surface area (Å²) in [6.45, 7) is 2.88. The molecule has 2 aromatic carbocycles. The van der Waals surface area contributed by atoms with Crippen LogP contribution in [0, 0.1) is 24.0 Å². The van der Waals surface area contributed by atoms with Crippen LogP contribution in [0.5, 0.6) is 0 Å². The number of aromatic nitrogens is 2. The first-order chi connectivity index (χ1) is 13.3. The normalized spacial score (nSPS) is 10.6. The molecule has 1 N–H and O–H groups in total. The van der Waals surface area contributed by atoms with Gasteiger partial charge in [-0.25, -0.2) is 4.98 Å². The standard InChI is InChI=1S/C19H18N4O5/c1-12-7-15(17(23(26)27)8-13(12)2)21-18(24)10-28-19(25)9-22-11-20-14-5-3-4-6-16(14)22/h3-8,11H,9-10H2,1-2H3,(H,21,24). The number of carbonyl (C=O) groups excluding carboxylic acids is 2. The zero-order valence-corrected chi connectivity index (χ0v) is 15.3. The van der Waals surface area contributed by atoms with Gasteiger partial charge in [0, 0.05) is 6.07 Å². The highest BCUT2D eigenvalue weighted by molar-refractivity contribution is 5.95. The molecule has 3 aromatic rings. The summed E-state index contributed by atoms with van der Waals surface area (Å²) in [5.74, 6) is -1.27. The predicted molar refractivity (Wildman–Crippen MR) is 102 cm³/mol. The lowest BCUT2D eigenvalue weighted by Gasteiger charge is -2.10. The van der Waals surface area contributed by atoms with Gasteiger partial charge in [0.25, 0.3) is 11.6 Å². The number of nitro benzene ring substituents is 1. The third-order valence-electron chi connectivity index (χ3n) is 4.27. The van der Waals surface area contributed by atoms with Crippen molar-refractivity contribution in [1.82, 2.24) is 9.55 Å². The second kappa shape index (κ2) is 7.87. The number of esters is 1. The molecule has 9 nitrogen and oxygen atoms in total. The van der Waals surface area contributed by atoms with Crippen LogP contribution in [-0.2, 0) is 20.9 Å². The van der Waals surface area contributed by atoms with E-state index in [9.17, 15) is 19.7 Å². The molecule has 0 bridgehead atoms. The number of hydrogen-bond acceptors (Lipinski definition) is 6. The molecule has 0 unspecified atom stereocenters. The van der Waals surface area contributed by atoms with Crippen molar-refractivity contribution in [3.05, 3.63) is 64.0 Å². The fourth-order valence-electron chi connectivity index (χ4n) is 2.71. The van der Waals surface area contributed by atoms with E-state index in [1.54, 1.807) is 18.4 Å². The topological polar surface area (TPSA) is 116 Å². The highest BCUT2D eigenvalue weighted by atomic mass is 16.6. The Kier molecular flexibility index (Phi) is 5.35. The molecule has 0 saturated heterocycles. The number of imidazole rings is 1. The quantitative estimate of drug-likeness (QED) is 0.398. The lowest BCUT2D eigenvalue weighted by molar-refractivity contribution is -0.384. The first-order valence-electron chi connectivity index (χ1n) is 8.46. The molecule has 0 aliphatic heterocycles. The first-order valence-corrected chi connectivity index (χ1v) is 8.46. The molecule has 9 heteroatoms. The average molecular weight is 382 g/mol. The molecule has 1 aromatic heterocycles. The van der Waals surface area contributed by atoms with Gasteiger partial charge in [0.1, 0.15) is 12.2 Å². The molecular weight excluding hydrogens is 364 g/mol. The molecule has 0 radical (unpaired) electrons. The minimum Gasteiger partial charge on any atom is -0.454 e. The van der Waals surface area contributed by atoms with E-state index in [0.29, 0.717) is 0 Å².